The first-order valence-corrected chi connectivity index (χ1v) is 3.57. The molecule has 0 N–H and O–H groups in total. The van der Waals surface area contributed by atoms with Crippen molar-refractivity contribution in [3.8, 4) is 10.7 Å². The summed E-state index contributed by atoms with van der Waals surface area (Å²) in [6.07, 6.45) is 0. The Labute approximate surface area is 60.9 Å². The van der Waals surface area contributed by atoms with E-state index >= 15 is 0 Å². The van der Waals surface area contributed by atoms with E-state index in [-0.39, 0.29) is 0 Å². The minimum absolute atomic E-state index is 0.606. The first-order chi connectivity index (χ1) is 4.97. The summed E-state index contributed by atoms with van der Waals surface area (Å²) in [6, 6.07) is 3.87. The molecule has 2 rings (SSSR count). The van der Waals surface area contributed by atoms with Gasteiger partial charge >= 0.3 is 0 Å². The van der Waals surface area contributed by atoms with Gasteiger partial charge in [0.25, 0.3) is 0 Å². The molecule has 0 aliphatic heterocycles. The average Bonchev–Trinajstić information content (AvgIpc) is 2.59. The van der Waals surface area contributed by atoms with Crippen molar-refractivity contribution in [3.05, 3.63) is 17.5 Å². The molecule has 0 atom stereocenters. The van der Waals surface area contributed by atoms with Gasteiger partial charge < -0.3 is 5.10 Å². The summed E-state index contributed by atoms with van der Waals surface area (Å²) in [5.41, 5.74) is 0. The number of nitrogens with zero attached hydrogens (tertiary/aromatic N) is 4. The summed E-state index contributed by atoms with van der Waals surface area (Å²) in [4.78, 5) is 1.00. The average molecular weight is 151 g/mol. The monoisotopic (exact) mass is 151 g/mol. The first kappa shape index (κ1) is 5.55. The molecule has 4 nitrogen and oxygen atoms in total. The fraction of sp³-hybridized carbons (Fsp3) is 0. The van der Waals surface area contributed by atoms with E-state index in [1.54, 1.807) is 11.3 Å². The molecule has 2 aromatic heterocycles. The van der Waals surface area contributed by atoms with E-state index < -0.39 is 0 Å². The van der Waals surface area contributed by atoms with Crippen molar-refractivity contribution in [1.82, 2.24) is 20.6 Å². The zero-order chi connectivity index (χ0) is 6.81. The lowest BCUT2D eigenvalue weighted by atomic mass is 10.5. The van der Waals surface area contributed by atoms with Crippen LogP contribution in [0.1, 0.15) is 0 Å². The topological polar surface area (TPSA) is 52.8 Å². The van der Waals surface area contributed by atoms with E-state index in [4.69, 9.17) is 0 Å². The molecular formula is C5H3N4S-. The summed E-state index contributed by atoms with van der Waals surface area (Å²) in [7, 11) is 0. The SMILES string of the molecule is c1csc(-c2nnn[n-]2)c1. The molecule has 0 aliphatic carbocycles. The highest BCUT2D eigenvalue weighted by Crippen LogP contribution is 2.18. The highest BCUT2D eigenvalue weighted by molar-refractivity contribution is 7.13. The van der Waals surface area contributed by atoms with Gasteiger partial charge in [0.2, 0.25) is 0 Å². The second-order valence-corrected chi connectivity index (χ2v) is 2.63. The Balaban J connectivity index is 2.48. The largest absolute Gasteiger partial charge is 0.330 e. The zero-order valence-electron chi connectivity index (χ0n) is 4.93. The van der Waals surface area contributed by atoms with Gasteiger partial charge in [0.05, 0.1) is 0 Å². The van der Waals surface area contributed by atoms with Crippen molar-refractivity contribution in [1.29, 1.82) is 0 Å². The fourth-order valence-corrected chi connectivity index (χ4v) is 1.30. The van der Waals surface area contributed by atoms with Crippen molar-refractivity contribution in [2.45, 2.75) is 0 Å². The first-order valence-electron chi connectivity index (χ1n) is 2.69. The van der Waals surface area contributed by atoms with Gasteiger partial charge in [-0.1, -0.05) is 6.07 Å². The Morgan fingerprint density at radius 3 is 3.10 bits per heavy atom. The summed E-state index contributed by atoms with van der Waals surface area (Å²) in [6.45, 7) is 0. The summed E-state index contributed by atoms with van der Waals surface area (Å²) < 4.78 is 0. The summed E-state index contributed by atoms with van der Waals surface area (Å²) in [5, 5.41) is 16.1. The predicted octanol–water partition coefficient (Wildman–Crippen LogP) is 0.557. The molecule has 2 aromatic rings. The second kappa shape index (κ2) is 2.18. The highest BCUT2D eigenvalue weighted by atomic mass is 32.1. The number of tetrazole rings is 1. The highest BCUT2D eigenvalue weighted by Gasteiger charge is 1.92. The van der Waals surface area contributed by atoms with Crippen molar-refractivity contribution in [2.75, 3.05) is 0 Å². The maximum atomic E-state index is 3.70. The van der Waals surface area contributed by atoms with E-state index in [9.17, 15) is 0 Å². The van der Waals surface area contributed by atoms with Gasteiger partial charge in [-0.05, 0) is 11.4 Å². The van der Waals surface area contributed by atoms with Crippen molar-refractivity contribution in [2.24, 2.45) is 0 Å². The van der Waals surface area contributed by atoms with Crippen LogP contribution in [0.15, 0.2) is 17.5 Å². The van der Waals surface area contributed by atoms with Gasteiger partial charge in [0.1, 0.15) is 0 Å². The van der Waals surface area contributed by atoms with Crippen LogP contribution in [0.2, 0.25) is 0 Å². The van der Waals surface area contributed by atoms with E-state index in [1.807, 2.05) is 17.5 Å². The molecule has 0 spiro atoms. The van der Waals surface area contributed by atoms with E-state index in [2.05, 4.69) is 20.6 Å². The molecule has 0 fully saturated rings. The third-order valence-corrected chi connectivity index (χ3v) is 1.93. The molecule has 0 amide bonds. The zero-order valence-corrected chi connectivity index (χ0v) is 5.75. The molecule has 0 unspecified atom stereocenters. The second-order valence-electron chi connectivity index (χ2n) is 1.68. The fourth-order valence-electron chi connectivity index (χ4n) is 0.649. The van der Waals surface area contributed by atoms with Crippen molar-refractivity contribution in [3.63, 3.8) is 0 Å². The van der Waals surface area contributed by atoms with Gasteiger partial charge in [-0.25, -0.2) is 0 Å². The Bertz CT molecular complexity index is 253. The molecule has 0 bridgehead atoms. The molecular weight excluding hydrogens is 148 g/mol. The van der Waals surface area contributed by atoms with Crippen LogP contribution in [-0.4, -0.2) is 15.5 Å². The Kier molecular flexibility index (Phi) is 1.21. The maximum Gasteiger partial charge on any atom is 0.0497 e. The third kappa shape index (κ3) is 0.801. The Morgan fingerprint density at radius 1 is 1.50 bits per heavy atom. The molecule has 2 heterocycles. The Hall–Kier alpha value is -1.23. The van der Waals surface area contributed by atoms with Gasteiger partial charge in [-0.3, -0.25) is 10.3 Å². The van der Waals surface area contributed by atoms with Gasteiger partial charge in [0.15, 0.2) is 0 Å². The lowest BCUT2D eigenvalue weighted by molar-refractivity contribution is 0.871. The van der Waals surface area contributed by atoms with Crippen LogP contribution in [0.25, 0.3) is 10.7 Å². The quantitative estimate of drug-likeness (QED) is 0.597. The molecule has 0 aromatic carbocycles. The normalized spacial score (nSPS) is 10.0. The van der Waals surface area contributed by atoms with Crippen LogP contribution in [0.4, 0.5) is 0 Å². The molecule has 50 valence electrons. The number of rotatable bonds is 1. The van der Waals surface area contributed by atoms with Crippen LogP contribution in [0, 0.1) is 0 Å². The number of hydrogen-bond donors (Lipinski definition) is 0. The summed E-state index contributed by atoms with van der Waals surface area (Å²) in [5.74, 6) is 0.606. The van der Waals surface area contributed by atoms with Crippen LogP contribution in [0.5, 0.6) is 0 Å². The standard InChI is InChI=1S/C5H3N4S/c1-2-4(10-3-1)5-6-8-9-7-5/h1-3H/q-1. The lowest BCUT2D eigenvalue weighted by Gasteiger charge is -1.89. The van der Waals surface area contributed by atoms with Crippen LogP contribution < -0.4 is 5.10 Å². The van der Waals surface area contributed by atoms with Crippen LogP contribution >= 0.6 is 11.3 Å². The van der Waals surface area contributed by atoms with Gasteiger partial charge in [0, 0.05) is 10.7 Å². The van der Waals surface area contributed by atoms with Crippen molar-refractivity contribution < 1.29 is 0 Å². The smallest absolute Gasteiger partial charge is 0.0497 e. The van der Waals surface area contributed by atoms with Gasteiger partial charge in [-0.15, -0.1) is 11.3 Å². The van der Waals surface area contributed by atoms with Crippen LogP contribution in [-0.2, 0) is 0 Å². The molecule has 0 radical (unpaired) electrons. The number of aromatic nitrogens is 4. The van der Waals surface area contributed by atoms with Crippen molar-refractivity contribution >= 4 is 11.3 Å². The third-order valence-electron chi connectivity index (χ3n) is 1.06. The minimum atomic E-state index is 0.606. The van der Waals surface area contributed by atoms with E-state index in [0.717, 1.165) is 4.88 Å². The maximum absolute atomic E-state index is 3.70. The molecule has 0 saturated carbocycles. The lowest BCUT2D eigenvalue weighted by Crippen LogP contribution is -1.76. The molecule has 5 heteroatoms. The predicted molar refractivity (Wildman–Crippen MR) is 36.5 cm³/mol. The summed E-state index contributed by atoms with van der Waals surface area (Å²) >= 11 is 1.58. The molecule has 0 aliphatic rings. The Morgan fingerprint density at radius 2 is 2.50 bits per heavy atom. The minimum Gasteiger partial charge on any atom is -0.330 e. The van der Waals surface area contributed by atoms with E-state index in [1.165, 1.54) is 0 Å². The van der Waals surface area contributed by atoms with E-state index in [0.29, 0.717) is 5.82 Å². The molecule has 10 heavy (non-hydrogen) atoms. The number of thiophene rings is 1. The van der Waals surface area contributed by atoms with Crippen LogP contribution in [0.3, 0.4) is 0 Å². The van der Waals surface area contributed by atoms with Gasteiger partial charge in [-0.2, -0.15) is 5.21 Å². The molecule has 0 saturated heterocycles. The number of hydrogen-bond acceptors (Lipinski definition) is 4.